The second kappa shape index (κ2) is 6.36. The van der Waals surface area contributed by atoms with Crippen LogP contribution in [0.4, 0.5) is 0 Å². The molecular formula is C15H21N3. The summed E-state index contributed by atoms with van der Waals surface area (Å²) in [5.41, 5.74) is 1.42. The summed E-state index contributed by atoms with van der Waals surface area (Å²) in [5.74, 6) is 1.63. The lowest BCUT2D eigenvalue weighted by Crippen LogP contribution is -2.21. The molecule has 0 bridgehead atoms. The van der Waals surface area contributed by atoms with Crippen LogP contribution in [0.2, 0.25) is 0 Å². The molecule has 0 unspecified atom stereocenters. The van der Waals surface area contributed by atoms with Crippen LogP contribution in [0.3, 0.4) is 0 Å². The molecule has 3 nitrogen and oxygen atoms in total. The summed E-state index contributed by atoms with van der Waals surface area (Å²) >= 11 is 0. The van der Waals surface area contributed by atoms with Crippen LogP contribution in [-0.4, -0.2) is 28.5 Å². The zero-order chi connectivity index (χ0) is 12.8. The Morgan fingerprint density at radius 2 is 2.06 bits per heavy atom. The Morgan fingerprint density at radius 1 is 1.28 bits per heavy atom. The lowest BCUT2D eigenvalue weighted by atomic mass is 9.98. The highest BCUT2D eigenvalue weighted by molar-refractivity contribution is 5.18. The summed E-state index contributed by atoms with van der Waals surface area (Å²) in [7, 11) is 2.14. The SMILES string of the molecule is C[C@H](CCN(C)Cc1ncc[nH]1)c1ccccc1. The number of benzene rings is 1. The Morgan fingerprint density at radius 3 is 2.72 bits per heavy atom. The van der Waals surface area contributed by atoms with Crippen molar-refractivity contribution in [1.29, 1.82) is 0 Å². The van der Waals surface area contributed by atoms with Gasteiger partial charge in [-0.15, -0.1) is 0 Å². The molecule has 0 spiro atoms. The van der Waals surface area contributed by atoms with Gasteiger partial charge >= 0.3 is 0 Å². The van der Waals surface area contributed by atoms with E-state index in [4.69, 9.17) is 0 Å². The summed E-state index contributed by atoms with van der Waals surface area (Å²) in [4.78, 5) is 9.68. The van der Waals surface area contributed by atoms with E-state index in [1.165, 1.54) is 12.0 Å². The Kier molecular flexibility index (Phi) is 4.53. The first-order valence-electron chi connectivity index (χ1n) is 6.47. The number of H-pyrrole nitrogens is 1. The van der Waals surface area contributed by atoms with Gasteiger partial charge in [-0.05, 0) is 31.5 Å². The molecule has 0 aliphatic heterocycles. The second-order valence-corrected chi connectivity index (χ2v) is 4.87. The first-order valence-corrected chi connectivity index (χ1v) is 6.47. The Bertz CT molecular complexity index is 436. The van der Waals surface area contributed by atoms with Gasteiger partial charge in [0.1, 0.15) is 5.82 Å². The quantitative estimate of drug-likeness (QED) is 0.845. The van der Waals surface area contributed by atoms with Gasteiger partial charge in [0.2, 0.25) is 0 Å². The number of nitrogens with zero attached hydrogens (tertiary/aromatic N) is 2. The Hall–Kier alpha value is -1.61. The molecule has 2 rings (SSSR count). The maximum absolute atomic E-state index is 4.24. The molecule has 1 aromatic carbocycles. The number of aromatic amines is 1. The molecule has 1 N–H and O–H groups in total. The number of nitrogens with one attached hydrogen (secondary N) is 1. The normalized spacial score (nSPS) is 12.8. The number of hydrogen-bond acceptors (Lipinski definition) is 2. The fraction of sp³-hybridized carbons (Fsp3) is 0.400. The van der Waals surface area contributed by atoms with Crippen molar-refractivity contribution in [3.63, 3.8) is 0 Å². The van der Waals surface area contributed by atoms with E-state index in [2.05, 4.69) is 59.2 Å². The molecular weight excluding hydrogens is 222 g/mol. The van der Waals surface area contributed by atoms with Crippen molar-refractivity contribution in [3.8, 4) is 0 Å². The number of aromatic nitrogens is 2. The van der Waals surface area contributed by atoms with Crippen LogP contribution in [0, 0.1) is 0 Å². The van der Waals surface area contributed by atoms with E-state index < -0.39 is 0 Å². The standard InChI is InChI=1S/C15H21N3/c1-13(14-6-4-3-5-7-14)8-11-18(2)12-15-16-9-10-17-15/h3-7,9-10,13H,8,11-12H2,1-2H3,(H,16,17)/t13-/m1/s1. The fourth-order valence-electron chi connectivity index (χ4n) is 2.08. The van der Waals surface area contributed by atoms with Crippen LogP contribution in [0.15, 0.2) is 42.7 Å². The molecule has 0 fully saturated rings. The van der Waals surface area contributed by atoms with Gasteiger partial charge in [-0.3, -0.25) is 4.90 Å². The average Bonchev–Trinajstić information content (AvgIpc) is 2.90. The predicted octanol–water partition coefficient (Wildman–Crippen LogP) is 3.04. The average molecular weight is 243 g/mol. The van der Waals surface area contributed by atoms with E-state index in [1.807, 2.05) is 6.20 Å². The van der Waals surface area contributed by atoms with Gasteiger partial charge in [0.05, 0.1) is 6.54 Å². The molecule has 2 aromatic rings. The molecule has 18 heavy (non-hydrogen) atoms. The smallest absolute Gasteiger partial charge is 0.120 e. The third-order valence-corrected chi connectivity index (χ3v) is 3.29. The largest absolute Gasteiger partial charge is 0.348 e. The van der Waals surface area contributed by atoms with Gasteiger partial charge in [-0.1, -0.05) is 37.3 Å². The lowest BCUT2D eigenvalue weighted by molar-refractivity contribution is 0.307. The van der Waals surface area contributed by atoms with Crippen molar-refractivity contribution < 1.29 is 0 Å². The highest BCUT2D eigenvalue weighted by atomic mass is 15.1. The summed E-state index contributed by atoms with van der Waals surface area (Å²) < 4.78 is 0. The van der Waals surface area contributed by atoms with E-state index in [9.17, 15) is 0 Å². The summed E-state index contributed by atoms with van der Waals surface area (Å²) in [5, 5.41) is 0. The molecule has 1 heterocycles. The van der Waals surface area contributed by atoms with Crippen LogP contribution >= 0.6 is 0 Å². The van der Waals surface area contributed by atoms with Gasteiger partial charge in [-0.2, -0.15) is 0 Å². The fourth-order valence-corrected chi connectivity index (χ4v) is 2.08. The minimum Gasteiger partial charge on any atom is -0.348 e. The molecule has 3 heteroatoms. The maximum Gasteiger partial charge on any atom is 0.120 e. The van der Waals surface area contributed by atoms with E-state index in [1.54, 1.807) is 6.20 Å². The molecule has 0 saturated carbocycles. The third-order valence-electron chi connectivity index (χ3n) is 3.29. The molecule has 0 amide bonds. The van der Waals surface area contributed by atoms with Gasteiger partial charge in [-0.25, -0.2) is 4.98 Å². The molecule has 1 atom stereocenters. The van der Waals surface area contributed by atoms with E-state index in [-0.39, 0.29) is 0 Å². The molecule has 96 valence electrons. The highest BCUT2D eigenvalue weighted by Crippen LogP contribution is 2.18. The van der Waals surface area contributed by atoms with Crippen LogP contribution in [0.25, 0.3) is 0 Å². The van der Waals surface area contributed by atoms with Crippen molar-refractivity contribution in [3.05, 3.63) is 54.1 Å². The zero-order valence-electron chi connectivity index (χ0n) is 11.1. The Balaban J connectivity index is 1.77. The van der Waals surface area contributed by atoms with Crippen molar-refractivity contribution in [1.82, 2.24) is 14.9 Å². The van der Waals surface area contributed by atoms with Crippen LogP contribution in [-0.2, 0) is 6.54 Å². The summed E-state index contributed by atoms with van der Waals surface area (Å²) in [6, 6.07) is 10.7. The molecule has 0 radical (unpaired) electrons. The van der Waals surface area contributed by atoms with Gasteiger partial charge in [0.25, 0.3) is 0 Å². The van der Waals surface area contributed by atoms with Gasteiger partial charge in [0.15, 0.2) is 0 Å². The minimum atomic E-state index is 0.602. The second-order valence-electron chi connectivity index (χ2n) is 4.87. The zero-order valence-corrected chi connectivity index (χ0v) is 11.1. The monoisotopic (exact) mass is 243 g/mol. The molecule has 0 saturated heterocycles. The lowest BCUT2D eigenvalue weighted by Gasteiger charge is -2.18. The number of imidazole rings is 1. The van der Waals surface area contributed by atoms with Crippen molar-refractivity contribution in [2.75, 3.05) is 13.6 Å². The van der Waals surface area contributed by atoms with Crippen molar-refractivity contribution >= 4 is 0 Å². The van der Waals surface area contributed by atoms with Crippen LogP contribution in [0.1, 0.15) is 30.7 Å². The van der Waals surface area contributed by atoms with Gasteiger partial charge in [0, 0.05) is 12.4 Å². The molecule has 1 aromatic heterocycles. The van der Waals surface area contributed by atoms with E-state index in [0.717, 1.165) is 18.9 Å². The minimum absolute atomic E-state index is 0.602. The molecule has 0 aliphatic carbocycles. The molecule has 0 aliphatic rings. The topological polar surface area (TPSA) is 31.9 Å². The maximum atomic E-state index is 4.24. The first-order chi connectivity index (χ1) is 8.75. The number of rotatable bonds is 6. The van der Waals surface area contributed by atoms with Gasteiger partial charge < -0.3 is 4.98 Å². The predicted molar refractivity (Wildman–Crippen MR) is 74.4 cm³/mol. The highest BCUT2D eigenvalue weighted by Gasteiger charge is 2.07. The number of hydrogen-bond donors (Lipinski definition) is 1. The summed E-state index contributed by atoms with van der Waals surface area (Å²) in [6.07, 6.45) is 4.84. The van der Waals surface area contributed by atoms with Crippen molar-refractivity contribution in [2.24, 2.45) is 0 Å². The van der Waals surface area contributed by atoms with Crippen LogP contribution in [0.5, 0.6) is 0 Å². The van der Waals surface area contributed by atoms with Crippen molar-refractivity contribution in [2.45, 2.75) is 25.8 Å². The third kappa shape index (κ3) is 3.70. The first kappa shape index (κ1) is 12.8. The van der Waals surface area contributed by atoms with Crippen LogP contribution < -0.4 is 0 Å². The Labute approximate surface area is 109 Å². The summed E-state index contributed by atoms with van der Waals surface area (Å²) in [6.45, 7) is 4.25. The van der Waals surface area contributed by atoms with E-state index >= 15 is 0 Å². The van der Waals surface area contributed by atoms with E-state index in [0.29, 0.717) is 5.92 Å².